The normalized spacial score (nSPS) is 13.6. The molecule has 1 aliphatic rings. The largest absolute Gasteiger partial charge is 0.418 e. The molecule has 1 aliphatic heterocycles. The molecule has 0 saturated carbocycles. The molecule has 0 aliphatic carbocycles. The molecule has 8 heteroatoms. The number of halogens is 5. The minimum atomic E-state index is -4.53. The van der Waals surface area contributed by atoms with Gasteiger partial charge in [0.05, 0.1) is 16.9 Å². The third kappa shape index (κ3) is 3.07. The molecule has 3 aromatic rings. The van der Waals surface area contributed by atoms with Crippen LogP contribution in [0.15, 0.2) is 42.5 Å². The number of rotatable bonds is 2. The SMILES string of the molecule is FC(F)(F)c1cc(Cl)ccc1-n1nc(-c2cccc(I)c2)c2c1NCC2. The van der Waals surface area contributed by atoms with E-state index >= 15 is 0 Å². The number of fused-ring (bicyclic) bond motifs is 1. The number of hydrogen-bond acceptors (Lipinski definition) is 2. The highest BCUT2D eigenvalue weighted by molar-refractivity contribution is 14.1. The molecule has 134 valence electrons. The zero-order chi connectivity index (χ0) is 18.5. The van der Waals surface area contributed by atoms with E-state index in [0.717, 1.165) is 20.8 Å². The fraction of sp³-hybridized carbons (Fsp3) is 0.167. The lowest BCUT2D eigenvalue weighted by Gasteiger charge is -2.15. The second kappa shape index (κ2) is 6.45. The summed E-state index contributed by atoms with van der Waals surface area (Å²) in [7, 11) is 0. The highest BCUT2D eigenvalue weighted by atomic mass is 127. The topological polar surface area (TPSA) is 29.9 Å². The minimum Gasteiger partial charge on any atom is -0.369 e. The summed E-state index contributed by atoms with van der Waals surface area (Å²) in [4.78, 5) is 0. The third-order valence-corrected chi connectivity index (χ3v) is 5.15. The molecule has 0 amide bonds. The zero-order valence-corrected chi connectivity index (χ0v) is 16.2. The quantitative estimate of drug-likeness (QED) is 0.462. The van der Waals surface area contributed by atoms with Gasteiger partial charge < -0.3 is 5.32 Å². The number of aromatic nitrogens is 2. The van der Waals surface area contributed by atoms with E-state index < -0.39 is 11.7 Å². The lowest BCUT2D eigenvalue weighted by atomic mass is 10.1. The van der Waals surface area contributed by atoms with Crippen LogP contribution >= 0.6 is 34.2 Å². The van der Waals surface area contributed by atoms with E-state index in [1.165, 1.54) is 16.8 Å². The van der Waals surface area contributed by atoms with Gasteiger partial charge in [-0.1, -0.05) is 23.7 Å². The molecular weight excluding hydrogens is 478 g/mol. The summed E-state index contributed by atoms with van der Waals surface area (Å²) in [5.74, 6) is 0.603. The molecule has 0 atom stereocenters. The van der Waals surface area contributed by atoms with Gasteiger partial charge in [-0.3, -0.25) is 0 Å². The van der Waals surface area contributed by atoms with Crippen molar-refractivity contribution in [3.05, 3.63) is 62.2 Å². The first kappa shape index (κ1) is 17.7. The van der Waals surface area contributed by atoms with Crippen molar-refractivity contribution in [3.63, 3.8) is 0 Å². The Bertz CT molecular complexity index is 998. The molecule has 0 unspecified atom stereocenters. The summed E-state index contributed by atoms with van der Waals surface area (Å²) < 4.78 is 43.0. The highest BCUT2D eigenvalue weighted by Gasteiger charge is 2.36. The average molecular weight is 490 g/mol. The maximum absolute atomic E-state index is 13.5. The van der Waals surface area contributed by atoms with E-state index in [0.29, 0.717) is 24.5 Å². The van der Waals surface area contributed by atoms with Crippen LogP contribution in [0.25, 0.3) is 16.9 Å². The molecule has 0 fully saturated rings. The van der Waals surface area contributed by atoms with E-state index in [-0.39, 0.29) is 10.7 Å². The molecule has 0 saturated heterocycles. The number of nitrogens with zero attached hydrogens (tertiary/aromatic N) is 2. The first-order chi connectivity index (χ1) is 12.3. The van der Waals surface area contributed by atoms with Crippen LogP contribution in [0.3, 0.4) is 0 Å². The molecule has 3 nitrogen and oxygen atoms in total. The number of benzene rings is 2. The first-order valence-electron chi connectivity index (χ1n) is 7.83. The number of hydrogen-bond donors (Lipinski definition) is 1. The van der Waals surface area contributed by atoms with Crippen molar-refractivity contribution in [2.75, 3.05) is 11.9 Å². The van der Waals surface area contributed by atoms with Crippen molar-refractivity contribution in [2.24, 2.45) is 0 Å². The minimum absolute atomic E-state index is 0.0376. The Morgan fingerprint density at radius 2 is 1.96 bits per heavy atom. The fourth-order valence-corrected chi connectivity index (χ4v) is 3.85. The van der Waals surface area contributed by atoms with Crippen LogP contribution in [0.2, 0.25) is 5.02 Å². The molecule has 0 bridgehead atoms. The van der Waals surface area contributed by atoms with E-state index in [1.54, 1.807) is 0 Å². The molecule has 26 heavy (non-hydrogen) atoms. The monoisotopic (exact) mass is 489 g/mol. The predicted octanol–water partition coefficient (Wildman–Crippen LogP) is 5.78. The maximum Gasteiger partial charge on any atom is 0.418 e. The van der Waals surface area contributed by atoms with E-state index in [9.17, 15) is 13.2 Å². The van der Waals surface area contributed by atoms with Crippen LogP contribution in [-0.2, 0) is 12.6 Å². The molecule has 0 spiro atoms. The summed E-state index contributed by atoms with van der Waals surface area (Å²) >= 11 is 8.00. The Hall–Kier alpha value is -1.74. The van der Waals surface area contributed by atoms with E-state index in [4.69, 9.17) is 11.6 Å². The van der Waals surface area contributed by atoms with Gasteiger partial charge in [0, 0.05) is 26.3 Å². The van der Waals surface area contributed by atoms with Gasteiger partial charge >= 0.3 is 6.18 Å². The molecule has 1 aromatic heterocycles. The molecule has 1 N–H and O–H groups in total. The van der Waals surface area contributed by atoms with E-state index in [2.05, 4.69) is 33.0 Å². The Kier molecular flexibility index (Phi) is 4.38. The van der Waals surface area contributed by atoms with Gasteiger partial charge in [0.15, 0.2) is 0 Å². The van der Waals surface area contributed by atoms with Crippen molar-refractivity contribution in [1.29, 1.82) is 0 Å². The van der Waals surface area contributed by atoms with Gasteiger partial charge in [-0.2, -0.15) is 18.3 Å². The number of alkyl halides is 3. The zero-order valence-electron chi connectivity index (χ0n) is 13.2. The van der Waals surface area contributed by atoms with Gasteiger partial charge in [-0.15, -0.1) is 0 Å². The lowest BCUT2D eigenvalue weighted by Crippen LogP contribution is -2.13. The summed E-state index contributed by atoms with van der Waals surface area (Å²) in [5.41, 5.74) is 1.67. The van der Waals surface area contributed by atoms with Crippen LogP contribution in [0.5, 0.6) is 0 Å². The van der Waals surface area contributed by atoms with Crippen LogP contribution in [0.4, 0.5) is 19.0 Å². The van der Waals surface area contributed by atoms with Crippen molar-refractivity contribution >= 4 is 40.0 Å². The fourth-order valence-electron chi connectivity index (χ4n) is 3.14. The number of anilines is 1. The second-order valence-corrected chi connectivity index (χ2v) is 7.62. The number of nitrogens with one attached hydrogen (secondary N) is 1. The van der Waals surface area contributed by atoms with Gasteiger partial charge in [-0.05, 0) is 59.3 Å². The smallest absolute Gasteiger partial charge is 0.369 e. The standard InChI is InChI=1S/C18H12ClF3IN3/c19-11-4-5-15(14(9-11)18(20,21)22)26-17-13(6-7-24-17)16(25-26)10-2-1-3-12(23)8-10/h1-5,8-9,24H,6-7H2. The molecular formula is C18H12ClF3IN3. The summed E-state index contributed by atoms with van der Waals surface area (Å²) in [6.45, 7) is 0.666. The van der Waals surface area contributed by atoms with Crippen LogP contribution in [-0.4, -0.2) is 16.3 Å². The van der Waals surface area contributed by atoms with Crippen LogP contribution in [0.1, 0.15) is 11.1 Å². The van der Waals surface area contributed by atoms with Crippen molar-refractivity contribution in [2.45, 2.75) is 12.6 Å². The Morgan fingerprint density at radius 1 is 1.15 bits per heavy atom. The van der Waals surface area contributed by atoms with Gasteiger partial charge in [-0.25, -0.2) is 4.68 Å². The maximum atomic E-state index is 13.5. The van der Waals surface area contributed by atoms with Gasteiger partial charge in [0.2, 0.25) is 0 Å². The van der Waals surface area contributed by atoms with Crippen molar-refractivity contribution < 1.29 is 13.2 Å². The summed E-state index contributed by atoms with van der Waals surface area (Å²) in [6, 6.07) is 11.5. The average Bonchev–Trinajstić information content (AvgIpc) is 3.16. The van der Waals surface area contributed by atoms with Crippen molar-refractivity contribution in [1.82, 2.24) is 9.78 Å². The van der Waals surface area contributed by atoms with Crippen LogP contribution in [0, 0.1) is 3.57 Å². The molecule has 2 heterocycles. The first-order valence-corrected chi connectivity index (χ1v) is 9.29. The Balaban J connectivity index is 1.94. The third-order valence-electron chi connectivity index (χ3n) is 4.24. The Labute approximate surface area is 166 Å². The molecule has 4 rings (SSSR count). The molecule has 0 radical (unpaired) electrons. The predicted molar refractivity (Wildman–Crippen MR) is 104 cm³/mol. The van der Waals surface area contributed by atoms with Gasteiger partial charge in [0.25, 0.3) is 0 Å². The van der Waals surface area contributed by atoms with Gasteiger partial charge in [0.1, 0.15) is 5.82 Å². The highest BCUT2D eigenvalue weighted by Crippen LogP contribution is 2.40. The van der Waals surface area contributed by atoms with Crippen LogP contribution < -0.4 is 5.32 Å². The Morgan fingerprint density at radius 3 is 2.69 bits per heavy atom. The molecule has 2 aromatic carbocycles. The summed E-state index contributed by atoms with van der Waals surface area (Å²) in [6.07, 6.45) is -3.81. The van der Waals surface area contributed by atoms with Crippen molar-refractivity contribution in [3.8, 4) is 16.9 Å². The summed E-state index contributed by atoms with van der Waals surface area (Å²) in [5, 5.41) is 7.73. The second-order valence-electron chi connectivity index (χ2n) is 5.93. The van der Waals surface area contributed by atoms with E-state index in [1.807, 2.05) is 24.3 Å². The lowest BCUT2D eigenvalue weighted by molar-refractivity contribution is -0.137.